The van der Waals surface area contributed by atoms with E-state index in [0.29, 0.717) is 28.8 Å². The molecule has 6 rings (SSSR count). The van der Waals surface area contributed by atoms with E-state index < -0.39 is 11.8 Å². The number of aryl methyl sites for hydroxylation is 1. The van der Waals surface area contributed by atoms with Crippen molar-refractivity contribution in [3.8, 4) is 11.5 Å². The first kappa shape index (κ1) is 16.6. The number of aromatic carboxylic acids is 1. The van der Waals surface area contributed by atoms with Gasteiger partial charge in [0.25, 0.3) is 0 Å². The number of carboxylic acid groups (broad SMARTS) is 1. The molecule has 2 aromatic heterocycles. The number of rotatable bonds is 3. The Hall–Kier alpha value is -3.35. The molecule has 0 spiro atoms. The van der Waals surface area contributed by atoms with Gasteiger partial charge >= 0.3 is 5.97 Å². The van der Waals surface area contributed by atoms with Gasteiger partial charge in [-0.2, -0.15) is 0 Å². The van der Waals surface area contributed by atoms with Gasteiger partial charge in [0.1, 0.15) is 11.3 Å². The third-order valence-electron chi connectivity index (χ3n) is 6.26. The van der Waals surface area contributed by atoms with Gasteiger partial charge in [0, 0.05) is 19.0 Å². The van der Waals surface area contributed by atoms with Crippen molar-refractivity contribution >= 4 is 33.6 Å². The van der Waals surface area contributed by atoms with E-state index in [-0.39, 0.29) is 5.56 Å². The van der Waals surface area contributed by atoms with Gasteiger partial charge in [-0.25, -0.2) is 14.2 Å². The number of para-hydroxylation sites is 1. The summed E-state index contributed by atoms with van der Waals surface area (Å²) < 4.78 is 18.8. The van der Waals surface area contributed by atoms with E-state index in [1.54, 1.807) is 11.6 Å². The van der Waals surface area contributed by atoms with Gasteiger partial charge in [0.15, 0.2) is 5.82 Å². The van der Waals surface area contributed by atoms with Crippen molar-refractivity contribution in [2.24, 2.45) is 13.0 Å². The Morgan fingerprint density at radius 3 is 2.83 bits per heavy atom. The predicted molar refractivity (Wildman–Crippen MR) is 109 cm³/mol. The van der Waals surface area contributed by atoms with Gasteiger partial charge in [-0.1, -0.05) is 12.1 Å². The lowest BCUT2D eigenvalue weighted by Crippen LogP contribution is -2.26. The van der Waals surface area contributed by atoms with E-state index in [1.165, 1.54) is 18.9 Å². The molecule has 29 heavy (non-hydrogen) atoms. The highest BCUT2D eigenvalue weighted by Crippen LogP contribution is 2.47. The van der Waals surface area contributed by atoms with Crippen LogP contribution in [0.2, 0.25) is 0 Å². The molecule has 2 N–H and O–H groups in total. The highest BCUT2D eigenvalue weighted by atomic mass is 19.1. The highest BCUT2D eigenvalue weighted by molar-refractivity contribution is 5.98. The van der Waals surface area contributed by atoms with Crippen molar-refractivity contribution < 1.29 is 14.3 Å². The summed E-state index contributed by atoms with van der Waals surface area (Å²) in [4.78, 5) is 16.0. The second-order valence-electron chi connectivity index (χ2n) is 8.05. The number of anilines is 1. The summed E-state index contributed by atoms with van der Waals surface area (Å²) in [6.45, 7) is 0.861. The lowest BCUT2D eigenvalue weighted by atomic mass is 10.1. The molecule has 3 heterocycles. The maximum atomic E-state index is 14.7. The predicted octanol–water partition coefficient (Wildman–Crippen LogP) is 4.41. The Labute approximate surface area is 165 Å². The maximum Gasteiger partial charge on any atom is 0.335 e. The maximum absolute atomic E-state index is 14.7. The van der Waals surface area contributed by atoms with E-state index in [0.717, 1.165) is 34.9 Å². The molecule has 2 aliphatic rings. The zero-order valence-corrected chi connectivity index (χ0v) is 15.8. The van der Waals surface area contributed by atoms with Gasteiger partial charge < -0.3 is 19.6 Å². The number of hydrogen-bond donors (Lipinski definition) is 2. The van der Waals surface area contributed by atoms with Crippen molar-refractivity contribution in [3.63, 3.8) is 0 Å². The molecule has 0 radical (unpaired) electrons. The molecule has 1 aliphatic heterocycles. The highest BCUT2D eigenvalue weighted by Gasteiger charge is 2.37. The number of hydrogen-bond acceptors (Lipinski definition) is 3. The van der Waals surface area contributed by atoms with Crippen LogP contribution in [0.4, 0.5) is 10.1 Å². The van der Waals surface area contributed by atoms with E-state index >= 15 is 0 Å². The number of carboxylic acids is 1. The van der Waals surface area contributed by atoms with Crippen molar-refractivity contribution in [3.05, 3.63) is 47.8 Å². The molecule has 2 aromatic carbocycles. The first-order valence-electron chi connectivity index (χ1n) is 9.80. The number of fused-ring (bicyclic) bond motifs is 1. The summed E-state index contributed by atoms with van der Waals surface area (Å²) in [6.07, 6.45) is 2.43. The monoisotopic (exact) mass is 390 g/mol. The normalized spacial score (nSPS) is 18.3. The molecule has 1 atom stereocenters. The first-order chi connectivity index (χ1) is 14.0. The van der Waals surface area contributed by atoms with Crippen LogP contribution in [-0.2, 0) is 7.05 Å². The Balaban J connectivity index is 1.65. The number of halogens is 1. The number of carbonyl (C=O) groups is 1. The molecular weight excluding hydrogens is 371 g/mol. The molecule has 1 unspecified atom stereocenters. The molecular formula is C22H19FN4O2. The van der Waals surface area contributed by atoms with E-state index in [1.807, 2.05) is 6.07 Å². The topological polar surface area (TPSA) is 72.1 Å². The first-order valence-corrected chi connectivity index (χ1v) is 9.80. The van der Waals surface area contributed by atoms with Gasteiger partial charge in [0.05, 0.1) is 34.0 Å². The van der Waals surface area contributed by atoms with Crippen molar-refractivity contribution in [2.45, 2.75) is 18.9 Å². The van der Waals surface area contributed by atoms with Crippen molar-refractivity contribution in [1.82, 2.24) is 14.1 Å². The summed E-state index contributed by atoms with van der Waals surface area (Å²) in [6, 6.07) is 11.1. The second kappa shape index (κ2) is 5.59. The molecule has 0 bridgehead atoms. The largest absolute Gasteiger partial charge is 0.478 e. The Morgan fingerprint density at radius 1 is 1.24 bits per heavy atom. The summed E-state index contributed by atoms with van der Waals surface area (Å²) in [5, 5.41) is 13.9. The van der Waals surface area contributed by atoms with Crippen LogP contribution in [0.25, 0.3) is 33.5 Å². The van der Waals surface area contributed by atoms with E-state index in [2.05, 4.69) is 33.1 Å². The molecule has 146 valence electrons. The molecule has 6 nitrogen and oxygen atoms in total. The smallest absolute Gasteiger partial charge is 0.335 e. The minimum atomic E-state index is -1.16. The van der Waals surface area contributed by atoms with E-state index in [9.17, 15) is 14.3 Å². The molecule has 7 heteroatoms. The summed E-state index contributed by atoms with van der Waals surface area (Å²) in [7, 11) is 1.78. The molecule has 1 fully saturated rings. The van der Waals surface area contributed by atoms with E-state index in [4.69, 9.17) is 0 Å². The molecule has 1 saturated carbocycles. The number of imidazole rings is 1. The average Bonchev–Trinajstić information content (AvgIpc) is 3.39. The minimum Gasteiger partial charge on any atom is -0.478 e. The molecule has 0 saturated heterocycles. The minimum absolute atomic E-state index is 0.0938. The second-order valence-corrected chi connectivity index (χ2v) is 8.05. The van der Waals surface area contributed by atoms with Crippen LogP contribution >= 0.6 is 0 Å². The van der Waals surface area contributed by atoms with Gasteiger partial charge in [0.2, 0.25) is 0 Å². The quantitative estimate of drug-likeness (QED) is 0.544. The zero-order chi connectivity index (χ0) is 19.9. The van der Waals surface area contributed by atoms with Crippen LogP contribution in [-0.4, -0.2) is 31.7 Å². The van der Waals surface area contributed by atoms with Crippen LogP contribution in [0.5, 0.6) is 0 Å². The van der Waals surface area contributed by atoms with Crippen LogP contribution in [0.15, 0.2) is 36.4 Å². The third kappa shape index (κ3) is 2.27. The Bertz CT molecular complexity index is 1330. The van der Waals surface area contributed by atoms with Crippen LogP contribution in [0, 0.1) is 11.7 Å². The zero-order valence-electron chi connectivity index (χ0n) is 15.8. The molecule has 4 aromatic rings. The van der Waals surface area contributed by atoms with Crippen LogP contribution in [0.1, 0.15) is 29.2 Å². The van der Waals surface area contributed by atoms with Gasteiger partial charge in [-0.15, -0.1) is 0 Å². The fraction of sp³-hybridized carbons (Fsp3) is 0.273. The fourth-order valence-electron chi connectivity index (χ4n) is 4.76. The molecule has 0 amide bonds. The number of benzene rings is 2. The number of nitrogens with one attached hydrogen (secondary N) is 1. The van der Waals surface area contributed by atoms with Crippen molar-refractivity contribution in [2.75, 3.05) is 11.9 Å². The summed E-state index contributed by atoms with van der Waals surface area (Å²) in [5.74, 6) is -0.450. The summed E-state index contributed by atoms with van der Waals surface area (Å²) >= 11 is 0. The Morgan fingerprint density at radius 2 is 2.07 bits per heavy atom. The lowest BCUT2D eigenvalue weighted by molar-refractivity contribution is 0.0696. The van der Waals surface area contributed by atoms with Crippen molar-refractivity contribution in [1.29, 1.82) is 0 Å². The van der Waals surface area contributed by atoms with Gasteiger partial charge in [-0.05, 0) is 43.0 Å². The Kier molecular flexibility index (Phi) is 3.20. The fourth-order valence-corrected chi connectivity index (χ4v) is 4.76. The third-order valence-corrected chi connectivity index (χ3v) is 6.26. The average molecular weight is 390 g/mol. The van der Waals surface area contributed by atoms with Crippen LogP contribution < -0.4 is 5.32 Å². The SMILES string of the molecule is Cn1c(-c2cc3cccc4c3n2C(C2CC2)CN4)nc2cc(C(=O)O)cc(F)c21. The lowest BCUT2D eigenvalue weighted by Gasteiger charge is -2.29. The number of nitrogens with zero attached hydrogens (tertiary/aromatic N) is 3. The molecule has 1 aliphatic carbocycles. The van der Waals surface area contributed by atoms with Gasteiger partial charge in [-0.3, -0.25) is 0 Å². The standard InChI is InChI=1S/C22H19FN4O2/c1-26-20-14(23)7-13(22(28)29)8-16(20)25-21(26)17-9-12-3-2-4-15-19(12)27(17)18(10-24-15)11-5-6-11/h2-4,7-9,11,18,24H,5-6,10H2,1H3,(H,28,29). The summed E-state index contributed by atoms with van der Waals surface area (Å²) in [5.41, 5.74) is 3.79. The van der Waals surface area contributed by atoms with Crippen LogP contribution in [0.3, 0.4) is 0 Å². The number of aromatic nitrogens is 3.